The number of hydrogen-bond acceptors (Lipinski definition) is 3. The molecule has 0 saturated carbocycles. The van der Waals surface area contributed by atoms with E-state index < -0.39 is 0 Å². The quantitative estimate of drug-likeness (QED) is 0.631. The van der Waals surface area contributed by atoms with Crippen molar-refractivity contribution in [2.24, 2.45) is 0 Å². The third kappa shape index (κ3) is 5.79. The smallest absolute Gasteiger partial charge is 0.283 e. The molecule has 0 spiro atoms. The van der Waals surface area contributed by atoms with Crippen molar-refractivity contribution in [1.82, 2.24) is 10.3 Å². The first-order valence-corrected chi connectivity index (χ1v) is 8.17. The number of amides is 1. The molecule has 1 amide bonds. The van der Waals surface area contributed by atoms with Gasteiger partial charge in [-0.25, -0.2) is 0 Å². The van der Waals surface area contributed by atoms with E-state index in [1.165, 1.54) is 11.1 Å². The van der Waals surface area contributed by atoms with Gasteiger partial charge in [-0.3, -0.25) is 9.78 Å². The number of rotatable bonds is 6. The topological polar surface area (TPSA) is 54.0 Å². The van der Waals surface area contributed by atoms with Crippen LogP contribution >= 0.6 is 12.2 Å². The summed E-state index contributed by atoms with van der Waals surface area (Å²) in [6, 6.07) is 11.8. The van der Waals surface area contributed by atoms with Gasteiger partial charge in [-0.2, -0.15) is 0 Å². The first-order valence-electron chi connectivity index (χ1n) is 7.76. The Kier molecular flexibility index (Phi) is 6.69. The van der Waals surface area contributed by atoms with E-state index in [1.54, 1.807) is 12.4 Å². The number of anilines is 1. The summed E-state index contributed by atoms with van der Waals surface area (Å²) in [4.78, 5) is 16.2. The molecule has 5 heteroatoms. The van der Waals surface area contributed by atoms with E-state index in [0.29, 0.717) is 0 Å². The van der Waals surface area contributed by atoms with E-state index in [9.17, 15) is 4.79 Å². The predicted octanol–water partition coefficient (Wildman–Crippen LogP) is 3.33. The van der Waals surface area contributed by atoms with Crippen LogP contribution in [0.5, 0.6) is 0 Å². The van der Waals surface area contributed by atoms with Crippen LogP contribution in [0, 0.1) is 0 Å². The van der Waals surface area contributed by atoms with Gasteiger partial charge in [0.05, 0.1) is 0 Å². The van der Waals surface area contributed by atoms with Crippen LogP contribution in [0.25, 0.3) is 0 Å². The minimum absolute atomic E-state index is 0.235. The van der Waals surface area contributed by atoms with Gasteiger partial charge in [0.15, 0.2) is 4.99 Å². The molecule has 2 rings (SSSR count). The molecule has 0 fully saturated rings. The van der Waals surface area contributed by atoms with Crippen molar-refractivity contribution in [2.75, 3.05) is 11.9 Å². The molecule has 0 saturated heterocycles. The van der Waals surface area contributed by atoms with Gasteiger partial charge in [0, 0.05) is 24.6 Å². The Morgan fingerprint density at radius 3 is 2.39 bits per heavy atom. The number of benzene rings is 1. The summed E-state index contributed by atoms with van der Waals surface area (Å²) in [5, 5.41) is 5.77. The molecule has 23 heavy (non-hydrogen) atoms. The third-order valence-electron chi connectivity index (χ3n) is 3.39. The lowest BCUT2D eigenvalue weighted by atomic mass is 10.1. The van der Waals surface area contributed by atoms with Gasteiger partial charge in [-0.05, 0) is 48.2 Å². The Balaban J connectivity index is 1.87. The van der Waals surface area contributed by atoms with Gasteiger partial charge in [0.25, 0.3) is 5.91 Å². The zero-order valence-corrected chi connectivity index (χ0v) is 14.0. The number of pyridine rings is 1. The van der Waals surface area contributed by atoms with Gasteiger partial charge in [0.1, 0.15) is 0 Å². The monoisotopic (exact) mass is 327 g/mol. The van der Waals surface area contributed by atoms with Crippen molar-refractivity contribution in [1.29, 1.82) is 0 Å². The van der Waals surface area contributed by atoms with Crippen molar-refractivity contribution in [3.63, 3.8) is 0 Å². The second-order valence-corrected chi connectivity index (χ2v) is 5.70. The SMILES string of the molecule is CCCCNC(=S)C(=O)Nc1ccc(Cc2ccncc2)cc1. The summed E-state index contributed by atoms with van der Waals surface area (Å²) in [5.41, 5.74) is 3.13. The first-order chi connectivity index (χ1) is 11.2. The van der Waals surface area contributed by atoms with Crippen LogP contribution in [0.15, 0.2) is 48.8 Å². The zero-order chi connectivity index (χ0) is 16.5. The van der Waals surface area contributed by atoms with E-state index in [-0.39, 0.29) is 10.9 Å². The van der Waals surface area contributed by atoms with Crippen LogP contribution < -0.4 is 10.6 Å². The molecule has 2 aromatic rings. The average molecular weight is 327 g/mol. The second kappa shape index (κ2) is 9.00. The molecular formula is C18H21N3OS. The van der Waals surface area contributed by atoms with Gasteiger partial charge in [-0.15, -0.1) is 0 Å². The largest absolute Gasteiger partial charge is 0.372 e. The third-order valence-corrected chi connectivity index (χ3v) is 3.72. The van der Waals surface area contributed by atoms with Crippen molar-refractivity contribution in [2.45, 2.75) is 26.2 Å². The number of hydrogen-bond donors (Lipinski definition) is 2. The summed E-state index contributed by atoms with van der Waals surface area (Å²) >= 11 is 5.07. The summed E-state index contributed by atoms with van der Waals surface area (Å²) in [6.07, 6.45) is 6.48. The van der Waals surface area contributed by atoms with Crippen molar-refractivity contribution < 1.29 is 4.79 Å². The maximum absolute atomic E-state index is 12.0. The molecule has 1 aromatic heterocycles. The molecule has 0 aliphatic carbocycles. The number of nitrogens with zero attached hydrogens (tertiary/aromatic N) is 1. The number of carbonyl (C=O) groups is 1. The van der Waals surface area contributed by atoms with Gasteiger partial charge in [0.2, 0.25) is 0 Å². The van der Waals surface area contributed by atoms with E-state index in [1.807, 2.05) is 36.4 Å². The highest BCUT2D eigenvalue weighted by Gasteiger charge is 2.08. The number of aromatic nitrogens is 1. The van der Waals surface area contributed by atoms with Crippen molar-refractivity contribution >= 4 is 28.8 Å². The van der Waals surface area contributed by atoms with E-state index in [2.05, 4.69) is 22.5 Å². The van der Waals surface area contributed by atoms with Crippen LogP contribution in [0.1, 0.15) is 30.9 Å². The number of thiocarbonyl (C=S) groups is 1. The minimum Gasteiger partial charge on any atom is -0.372 e. The van der Waals surface area contributed by atoms with Crippen LogP contribution in [-0.2, 0) is 11.2 Å². The van der Waals surface area contributed by atoms with Crippen LogP contribution in [-0.4, -0.2) is 22.4 Å². The lowest BCUT2D eigenvalue weighted by Gasteiger charge is -2.09. The molecule has 0 bridgehead atoms. The number of unbranched alkanes of at least 4 members (excludes halogenated alkanes) is 1. The molecular weight excluding hydrogens is 306 g/mol. The molecule has 0 aliphatic heterocycles. The summed E-state index contributed by atoms with van der Waals surface area (Å²) < 4.78 is 0. The molecule has 1 aromatic carbocycles. The fourth-order valence-electron chi connectivity index (χ4n) is 2.09. The highest BCUT2D eigenvalue weighted by atomic mass is 32.1. The Labute approximate surface area is 142 Å². The Morgan fingerprint density at radius 1 is 1.09 bits per heavy atom. The molecule has 0 atom stereocenters. The van der Waals surface area contributed by atoms with E-state index >= 15 is 0 Å². The molecule has 0 unspecified atom stereocenters. The lowest BCUT2D eigenvalue weighted by molar-refractivity contribution is -0.110. The van der Waals surface area contributed by atoms with Crippen LogP contribution in [0.4, 0.5) is 5.69 Å². The maximum atomic E-state index is 12.0. The minimum atomic E-state index is -0.266. The predicted molar refractivity (Wildman–Crippen MR) is 97.6 cm³/mol. The van der Waals surface area contributed by atoms with Gasteiger partial charge in [-0.1, -0.05) is 37.7 Å². The van der Waals surface area contributed by atoms with Crippen molar-refractivity contribution in [3.05, 3.63) is 59.9 Å². The average Bonchev–Trinajstić information content (AvgIpc) is 2.57. The van der Waals surface area contributed by atoms with Gasteiger partial charge < -0.3 is 10.6 Å². The maximum Gasteiger partial charge on any atom is 0.283 e. The molecule has 120 valence electrons. The fraction of sp³-hybridized carbons (Fsp3) is 0.278. The number of carbonyl (C=O) groups excluding carboxylic acids is 1. The highest BCUT2D eigenvalue weighted by Crippen LogP contribution is 2.13. The summed E-state index contributed by atoms with van der Waals surface area (Å²) in [6.45, 7) is 2.83. The van der Waals surface area contributed by atoms with E-state index in [4.69, 9.17) is 12.2 Å². The lowest BCUT2D eigenvalue weighted by Crippen LogP contribution is -2.34. The first kappa shape index (κ1) is 17.1. The molecule has 4 nitrogen and oxygen atoms in total. The molecule has 0 aliphatic rings. The Morgan fingerprint density at radius 2 is 1.74 bits per heavy atom. The molecule has 1 heterocycles. The van der Waals surface area contributed by atoms with Crippen LogP contribution in [0.3, 0.4) is 0 Å². The molecule has 2 N–H and O–H groups in total. The standard InChI is InChI=1S/C18H21N3OS/c1-2-3-10-20-18(23)17(22)21-16-6-4-14(5-7-16)13-15-8-11-19-12-9-15/h4-9,11-12H,2-3,10,13H2,1H3,(H,20,23)(H,21,22). The Bertz CT molecular complexity index is 641. The normalized spacial score (nSPS) is 10.1. The van der Waals surface area contributed by atoms with E-state index in [0.717, 1.165) is 31.5 Å². The molecule has 0 radical (unpaired) electrons. The zero-order valence-electron chi connectivity index (χ0n) is 13.2. The summed E-state index contributed by atoms with van der Waals surface area (Å²) in [7, 11) is 0. The summed E-state index contributed by atoms with van der Waals surface area (Å²) in [5.74, 6) is -0.266. The van der Waals surface area contributed by atoms with Gasteiger partial charge >= 0.3 is 0 Å². The second-order valence-electron chi connectivity index (χ2n) is 5.29. The Hall–Kier alpha value is -2.27. The van der Waals surface area contributed by atoms with Crippen molar-refractivity contribution in [3.8, 4) is 0 Å². The number of nitrogens with one attached hydrogen (secondary N) is 2. The fourth-order valence-corrected chi connectivity index (χ4v) is 2.24. The highest BCUT2D eigenvalue weighted by molar-refractivity contribution is 7.82. The van der Waals surface area contributed by atoms with Crippen LogP contribution in [0.2, 0.25) is 0 Å².